The second-order valence-corrected chi connectivity index (χ2v) is 11.8. The molecule has 1 aliphatic rings. The Hall–Kier alpha value is -4.12. The van der Waals surface area contributed by atoms with Gasteiger partial charge in [0.1, 0.15) is 31.6 Å². The van der Waals surface area contributed by atoms with Crippen LogP contribution < -0.4 is 19.1 Å². The number of sulfonamides is 1. The van der Waals surface area contributed by atoms with Crippen LogP contribution in [0, 0.1) is 5.82 Å². The second kappa shape index (κ2) is 13.0. The van der Waals surface area contributed by atoms with Gasteiger partial charge in [-0.05, 0) is 69.2 Å². The van der Waals surface area contributed by atoms with Crippen LogP contribution >= 0.6 is 0 Å². The maximum absolute atomic E-state index is 14.0. The standard InChI is InChI=1S/C30H34FN3O6S/c1-21(2)32-30(36)22(3)33(16-15-23-7-5-4-6-8-23)29(35)20-34(25-11-9-24(31)10-12-25)41(37,38)26-13-14-27-28(19-26)40-18-17-39-27/h4-14,19,21-22H,15-18,20H2,1-3H3,(H,32,36). The van der Waals surface area contributed by atoms with Gasteiger partial charge in [0.05, 0.1) is 10.6 Å². The third-order valence-electron chi connectivity index (χ3n) is 6.58. The molecule has 1 atom stereocenters. The molecule has 3 aromatic carbocycles. The molecule has 9 nitrogen and oxygen atoms in total. The van der Waals surface area contributed by atoms with Crippen LogP contribution in [0.3, 0.4) is 0 Å². The summed E-state index contributed by atoms with van der Waals surface area (Å²) >= 11 is 0. The average Bonchev–Trinajstić information content (AvgIpc) is 2.96. The Labute approximate surface area is 239 Å². The summed E-state index contributed by atoms with van der Waals surface area (Å²) in [6.45, 7) is 5.42. The van der Waals surface area contributed by atoms with E-state index >= 15 is 0 Å². The van der Waals surface area contributed by atoms with Crippen molar-refractivity contribution in [2.45, 2.75) is 44.2 Å². The smallest absolute Gasteiger partial charge is 0.264 e. The maximum Gasteiger partial charge on any atom is 0.264 e. The van der Waals surface area contributed by atoms with Crippen LogP contribution in [0.4, 0.5) is 10.1 Å². The normalized spacial score (nSPS) is 13.4. The van der Waals surface area contributed by atoms with Gasteiger partial charge in [0.25, 0.3) is 10.0 Å². The van der Waals surface area contributed by atoms with Crippen molar-refractivity contribution in [1.82, 2.24) is 10.2 Å². The molecular formula is C30H34FN3O6S. The average molecular weight is 584 g/mol. The molecule has 1 aliphatic heterocycles. The molecule has 0 aromatic heterocycles. The lowest BCUT2D eigenvalue weighted by atomic mass is 10.1. The molecule has 1 heterocycles. The van der Waals surface area contributed by atoms with Gasteiger partial charge < -0.3 is 19.7 Å². The molecule has 0 saturated heterocycles. The highest BCUT2D eigenvalue weighted by Crippen LogP contribution is 2.34. The maximum atomic E-state index is 14.0. The number of nitrogens with one attached hydrogen (secondary N) is 1. The molecule has 0 spiro atoms. The van der Waals surface area contributed by atoms with Crippen LogP contribution in [0.2, 0.25) is 0 Å². The number of ether oxygens (including phenoxy) is 2. The van der Waals surface area contributed by atoms with Crippen molar-refractivity contribution in [1.29, 1.82) is 0 Å². The minimum absolute atomic E-state index is 0.0944. The number of rotatable bonds is 11. The lowest BCUT2D eigenvalue weighted by Gasteiger charge is -2.32. The van der Waals surface area contributed by atoms with Gasteiger partial charge in [-0.1, -0.05) is 30.3 Å². The Balaban J connectivity index is 1.68. The van der Waals surface area contributed by atoms with E-state index in [1.807, 2.05) is 44.2 Å². The van der Waals surface area contributed by atoms with E-state index < -0.39 is 34.3 Å². The second-order valence-electron chi connectivity index (χ2n) is 9.96. The molecule has 4 rings (SSSR count). The van der Waals surface area contributed by atoms with Crippen LogP contribution in [0.1, 0.15) is 26.3 Å². The van der Waals surface area contributed by atoms with E-state index in [0.29, 0.717) is 18.8 Å². The molecule has 0 aliphatic carbocycles. The zero-order valence-corrected chi connectivity index (χ0v) is 24.1. The van der Waals surface area contributed by atoms with E-state index in [-0.39, 0.29) is 41.4 Å². The number of carbonyl (C=O) groups excluding carboxylic acids is 2. The lowest BCUT2D eigenvalue weighted by molar-refractivity contribution is -0.139. The van der Waals surface area contributed by atoms with E-state index in [1.54, 1.807) is 6.92 Å². The molecule has 1 unspecified atom stereocenters. The third-order valence-corrected chi connectivity index (χ3v) is 8.35. The summed E-state index contributed by atoms with van der Waals surface area (Å²) in [4.78, 5) is 28.1. The monoisotopic (exact) mass is 583 g/mol. The van der Waals surface area contributed by atoms with E-state index in [1.165, 1.54) is 35.2 Å². The Kier molecular flexibility index (Phi) is 9.49. The molecule has 11 heteroatoms. The highest BCUT2D eigenvalue weighted by atomic mass is 32.2. The first-order valence-electron chi connectivity index (χ1n) is 13.4. The van der Waals surface area contributed by atoms with Crippen molar-refractivity contribution in [3.05, 3.63) is 84.2 Å². The Morgan fingerprint density at radius 2 is 1.59 bits per heavy atom. The van der Waals surface area contributed by atoms with E-state index in [4.69, 9.17) is 9.47 Å². The first kappa shape index (κ1) is 29.9. The molecule has 3 aromatic rings. The largest absolute Gasteiger partial charge is 0.486 e. The van der Waals surface area contributed by atoms with Gasteiger partial charge in [-0.2, -0.15) is 0 Å². The van der Waals surface area contributed by atoms with Crippen molar-refractivity contribution in [3.63, 3.8) is 0 Å². The summed E-state index contributed by atoms with van der Waals surface area (Å²) in [7, 11) is -4.33. The highest BCUT2D eigenvalue weighted by Gasteiger charge is 2.33. The van der Waals surface area contributed by atoms with Gasteiger partial charge in [0.15, 0.2) is 11.5 Å². The van der Waals surface area contributed by atoms with Gasteiger partial charge in [0, 0.05) is 18.7 Å². The first-order chi connectivity index (χ1) is 19.6. The number of nitrogens with zero attached hydrogens (tertiary/aromatic N) is 2. The van der Waals surface area contributed by atoms with Crippen LogP contribution in [0.25, 0.3) is 0 Å². The highest BCUT2D eigenvalue weighted by molar-refractivity contribution is 7.92. The number of benzene rings is 3. The molecule has 0 fully saturated rings. The van der Waals surface area contributed by atoms with E-state index in [2.05, 4.69) is 5.32 Å². The van der Waals surface area contributed by atoms with Gasteiger partial charge in [0.2, 0.25) is 11.8 Å². The lowest BCUT2D eigenvalue weighted by Crippen LogP contribution is -2.53. The fraction of sp³-hybridized carbons (Fsp3) is 0.333. The van der Waals surface area contributed by atoms with Crippen LogP contribution in [-0.2, 0) is 26.0 Å². The van der Waals surface area contributed by atoms with Crippen molar-refractivity contribution < 1.29 is 31.9 Å². The van der Waals surface area contributed by atoms with Crippen molar-refractivity contribution in [2.75, 3.05) is 30.6 Å². The summed E-state index contributed by atoms with van der Waals surface area (Å²) in [5.74, 6) is -0.815. The number of hydrogen-bond donors (Lipinski definition) is 1. The topological polar surface area (TPSA) is 105 Å². The van der Waals surface area contributed by atoms with Gasteiger partial charge >= 0.3 is 0 Å². The van der Waals surface area contributed by atoms with Gasteiger partial charge in [-0.3, -0.25) is 13.9 Å². The Morgan fingerprint density at radius 1 is 0.927 bits per heavy atom. The molecule has 0 bridgehead atoms. The summed E-state index contributed by atoms with van der Waals surface area (Å²) in [5, 5.41) is 2.82. The summed E-state index contributed by atoms with van der Waals surface area (Å²) < 4.78 is 53.7. The molecular weight excluding hydrogens is 549 g/mol. The van der Waals surface area contributed by atoms with E-state index in [0.717, 1.165) is 22.0 Å². The molecule has 1 N–H and O–H groups in total. The van der Waals surface area contributed by atoms with Crippen LogP contribution in [0.15, 0.2) is 77.7 Å². The molecule has 0 radical (unpaired) electrons. The first-order valence-corrected chi connectivity index (χ1v) is 14.8. The summed E-state index contributed by atoms with van der Waals surface area (Å²) in [6, 6.07) is 17.5. The van der Waals surface area contributed by atoms with Gasteiger partial charge in [-0.15, -0.1) is 0 Å². The summed E-state index contributed by atoms with van der Waals surface area (Å²) in [6.07, 6.45) is 0.456. The number of fused-ring (bicyclic) bond motifs is 1. The minimum Gasteiger partial charge on any atom is -0.486 e. The number of carbonyl (C=O) groups is 2. The van der Waals surface area contributed by atoms with Crippen molar-refractivity contribution in [3.8, 4) is 11.5 Å². The van der Waals surface area contributed by atoms with Crippen molar-refractivity contribution >= 4 is 27.5 Å². The van der Waals surface area contributed by atoms with Gasteiger partial charge in [-0.25, -0.2) is 12.8 Å². The molecule has 41 heavy (non-hydrogen) atoms. The molecule has 2 amide bonds. The number of anilines is 1. The quantitative estimate of drug-likeness (QED) is 0.369. The number of amides is 2. The molecule has 218 valence electrons. The van der Waals surface area contributed by atoms with Crippen LogP contribution in [0.5, 0.6) is 11.5 Å². The number of halogens is 1. The fourth-order valence-electron chi connectivity index (χ4n) is 4.42. The van der Waals surface area contributed by atoms with Crippen molar-refractivity contribution in [2.24, 2.45) is 0 Å². The Morgan fingerprint density at radius 3 is 2.24 bits per heavy atom. The molecule has 0 saturated carbocycles. The third kappa shape index (κ3) is 7.35. The number of hydrogen-bond acceptors (Lipinski definition) is 6. The fourth-order valence-corrected chi connectivity index (χ4v) is 5.85. The Bertz CT molecular complexity index is 1470. The summed E-state index contributed by atoms with van der Waals surface area (Å²) in [5.41, 5.74) is 1.05. The zero-order valence-electron chi connectivity index (χ0n) is 23.2. The SMILES string of the molecule is CC(C)NC(=O)C(C)N(CCc1ccccc1)C(=O)CN(c1ccc(F)cc1)S(=O)(=O)c1ccc2c(c1)OCCO2. The zero-order chi connectivity index (χ0) is 29.6. The van der Waals surface area contributed by atoms with Crippen LogP contribution in [-0.4, -0.2) is 63.5 Å². The predicted molar refractivity (Wildman–Crippen MR) is 153 cm³/mol. The van der Waals surface area contributed by atoms with E-state index in [9.17, 15) is 22.4 Å². The minimum atomic E-state index is -4.33. The predicted octanol–water partition coefficient (Wildman–Crippen LogP) is 3.78.